The number of furan rings is 1. The van der Waals surface area contributed by atoms with Crippen molar-refractivity contribution in [1.82, 2.24) is 0 Å². The van der Waals surface area contributed by atoms with Crippen molar-refractivity contribution >= 4 is 12.4 Å². The summed E-state index contributed by atoms with van der Waals surface area (Å²) in [6, 6.07) is 3.30. The Labute approximate surface area is 80.7 Å². The van der Waals surface area contributed by atoms with Gasteiger partial charge < -0.3 is 4.42 Å². The molecule has 0 aliphatic carbocycles. The van der Waals surface area contributed by atoms with Crippen LogP contribution in [0.15, 0.2) is 27.7 Å². The molecule has 1 aromatic heterocycles. The summed E-state index contributed by atoms with van der Waals surface area (Å²) in [5.74, 6) is 0.924. The molecule has 0 fully saturated rings. The Bertz CT molecular complexity index is 375. The highest BCUT2D eigenvalue weighted by atomic mass is 16.3. The van der Waals surface area contributed by atoms with E-state index in [9.17, 15) is 4.79 Å². The zero-order valence-electron chi connectivity index (χ0n) is 7.46. The average Bonchev–Trinajstić information content (AvgIpc) is 2.65. The third-order valence-electron chi connectivity index (χ3n) is 1.50. The molecule has 72 valence electrons. The van der Waals surface area contributed by atoms with Crippen molar-refractivity contribution in [1.29, 1.82) is 0 Å². The standard InChI is InChI=1S/C9H9N3O2/c10-12-11-6-2-1-3-8-4-5-9(7-13)14-8/h1,3-5,7H,2,6H2. The van der Waals surface area contributed by atoms with Gasteiger partial charge >= 0.3 is 0 Å². The van der Waals surface area contributed by atoms with Crippen LogP contribution in [0.4, 0.5) is 0 Å². The van der Waals surface area contributed by atoms with Gasteiger partial charge in [0, 0.05) is 11.5 Å². The van der Waals surface area contributed by atoms with E-state index in [-0.39, 0.29) is 0 Å². The van der Waals surface area contributed by atoms with Crippen molar-refractivity contribution in [3.05, 3.63) is 40.2 Å². The van der Waals surface area contributed by atoms with Crippen molar-refractivity contribution < 1.29 is 9.21 Å². The van der Waals surface area contributed by atoms with Gasteiger partial charge in [-0.1, -0.05) is 11.2 Å². The Morgan fingerprint density at radius 2 is 2.29 bits per heavy atom. The first kappa shape index (κ1) is 10.1. The molecule has 0 radical (unpaired) electrons. The van der Waals surface area contributed by atoms with E-state index >= 15 is 0 Å². The highest BCUT2D eigenvalue weighted by Crippen LogP contribution is 2.07. The number of nitrogens with zero attached hydrogens (tertiary/aromatic N) is 3. The lowest BCUT2D eigenvalue weighted by molar-refractivity contribution is 0.110. The number of rotatable bonds is 5. The summed E-state index contributed by atoms with van der Waals surface area (Å²) < 4.78 is 5.08. The minimum absolute atomic E-state index is 0.305. The zero-order chi connectivity index (χ0) is 10.2. The minimum atomic E-state index is 0.305. The topological polar surface area (TPSA) is 79.0 Å². The Kier molecular flexibility index (Phi) is 4.04. The maximum Gasteiger partial charge on any atom is 0.185 e. The largest absolute Gasteiger partial charge is 0.454 e. The van der Waals surface area contributed by atoms with Crippen molar-refractivity contribution in [2.45, 2.75) is 6.42 Å². The third-order valence-corrected chi connectivity index (χ3v) is 1.50. The van der Waals surface area contributed by atoms with Crippen molar-refractivity contribution in [2.24, 2.45) is 5.11 Å². The predicted octanol–water partition coefficient (Wildman–Crippen LogP) is 2.81. The van der Waals surface area contributed by atoms with Crippen LogP contribution in [0.1, 0.15) is 22.7 Å². The van der Waals surface area contributed by atoms with Crippen molar-refractivity contribution in [3.8, 4) is 0 Å². The van der Waals surface area contributed by atoms with Gasteiger partial charge in [0.15, 0.2) is 12.0 Å². The van der Waals surface area contributed by atoms with E-state index in [1.54, 1.807) is 18.2 Å². The molecule has 0 bridgehead atoms. The molecule has 0 aliphatic heterocycles. The van der Waals surface area contributed by atoms with Crippen LogP contribution < -0.4 is 0 Å². The van der Waals surface area contributed by atoms with E-state index in [1.807, 2.05) is 6.08 Å². The second-order valence-corrected chi connectivity index (χ2v) is 2.50. The molecule has 14 heavy (non-hydrogen) atoms. The molecule has 0 amide bonds. The first-order valence-corrected chi connectivity index (χ1v) is 4.09. The van der Waals surface area contributed by atoms with Gasteiger partial charge in [0.05, 0.1) is 0 Å². The van der Waals surface area contributed by atoms with E-state index in [1.165, 1.54) is 0 Å². The van der Waals surface area contributed by atoms with Gasteiger partial charge in [0.2, 0.25) is 0 Å². The van der Waals surface area contributed by atoms with Gasteiger partial charge in [-0.3, -0.25) is 4.79 Å². The van der Waals surface area contributed by atoms with Crippen molar-refractivity contribution in [2.75, 3.05) is 6.54 Å². The van der Waals surface area contributed by atoms with E-state index in [0.29, 0.717) is 30.8 Å². The fourth-order valence-electron chi connectivity index (χ4n) is 0.898. The van der Waals surface area contributed by atoms with Crippen LogP contribution >= 0.6 is 0 Å². The Hall–Kier alpha value is -2.00. The summed E-state index contributed by atoms with van der Waals surface area (Å²) in [4.78, 5) is 12.9. The molecule has 1 heterocycles. The summed E-state index contributed by atoms with van der Waals surface area (Å²) in [5.41, 5.74) is 7.99. The van der Waals surface area contributed by atoms with Gasteiger partial charge in [-0.2, -0.15) is 0 Å². The highest BCUT2D eigenvalue weighted by Gasteiger charge is 1.95. The molecule has 0 atom stereocenters. The quantitative estimate of drug-likeness (QED) is 0.236. The molecule has 0 spiro atoms. The molecule has 1 rings (SSSR count). The lowest BCUT2D eigenvalue weighted by Crippen LogP contribution is -1.72. The molecule has 5 nitrogen and oxygen atoms in total. The smallest absolute Gasteiger partial charge is 0.185 e. The molecule has 1 aromatic rings. The summed E-state index contributed by atoms with van der Waals surface area (Å²) in [7, 11) is 0. The van der Waals surface area contributed by atoms with E-state index in [4.69, 9.17) is 9.95 Å². The second-order valence-electron chi connectivity index (χ2n) is 2.50. The number of azide groups is 1. The molecule has 0 saturated heterocycles. The maximum atomic E-state index is 10.3. The van der Waals surface area contributed by atoms with Crippen LogP contribution in [0.3, 0.4) is 0 Å². The summed E-state index contributed by atoms with van der Waals surface area (Å²) in [5, 5.41) is 3.37. The molecule has 5 heteroatoms. The summed E-state index contributed by atoms with van der Waals surface area (Å²) in [6.45, 7) is 0.425. The molecule has 0 N–H and O–H groups in total. The normalized spacial score (nSPS) is 10.0. The first-order valence-electron chi connectivity index (χ1n) is 4.09. The zero-order valence-corrected chi connectivity index (χ0v) is 7.46. The Morgan fingerprint density at radius 1 is 1.50 bits per heavy atom. The van der Waals surface area contributed by atoms with Gasteiger partial charge in [0.1, 0.15) is 5.76 Å². The molecule has 0 aromatic carbocycles. The average molecular weight is 191 g/mol. The SMILES string of the molecule is [N-]=[N+]=NCCC=Cc1ccc(C=O)o1. The fourth-order valence-corrected chi connectivity index (χ4v) is 0.898. The summed E-state index contributed by atoms with van der Waals surface area (Å²) in [6.07, 6.45) is 4.86. The second kappa shape index (κ2) is 5.61. The molecular formula is C9H9N3O2. The van der Waals surface area contributed by atoms with Crippen LogP contribution in [-0.2, 0) is 0 Å². The van der Waals surface area contributed by atoms with Crippen LogP contribution in [0.2, 0.25) is 0 Å². The fraction of sp³-hybridized carbons (Fsp3) is 0.222. The Morgan fingerprint density at radius 3 is 2.93 bits per heavy atom. The van der Waals surface area contributed by atoms with E-state index in [0.717, 1.165) is 0 Å². The molecule has 0 aliphatic rings. The van der Waals surface area contributed by atoms with Crippen LogP contribution in [0, 0.1) is 0 Å². The van der Waals surface area contributed by atoms with Gasteiger partial charge in [-0.25, -0.2) is 0 Å². The number of aldehydes is 1. The predicted molar refractivity (Wildman–Crippen MR) is 51.8 cm³/mol. The van der Waals surface area contributed by atoms with Crippen LogP contribution in [-0.4, -0.2) is 12.8 Å². The third kappa shape index (κ3) is 3.16. The molecular weight excluding hydrogens is 182 g/mol. The van der Waals surface area contributed by atoms with Crippen LogP contribution in [0.5, 0.6) is 0 Å². The molecule has 0 unspecified atom stereocenters. The van der Waals surface area contributed by atoms with Gasteiger partial charge in [-0.05, 0) is 30.2 Å². The van der Waals surface area contributed by atoms with Gasteiger partial charge in [-0.15, -0.1) is 0 Å². The number of carbonyl (C=O) groups is 1. The first-order chi connectivity index (χ1) is 6.86. The maximum absolute atomic E-state index is 10.3. The number of hydrogen-bond donors (Lipinski definition) is 0. The highest BCUT2D eigenvalue weighted by molar-refractivity contribution is 5.71. The minimum Gasteiger partial charge on any atom is -0.454 e. The number of carbonyl (C=O) groups excluding carboxylic acids is 1. The van der Waals surface area contributed by atoms with Gasteiger partial charge in [0.25, 0.3) is 0 Å². The Balaban J connectivity index is 2.43. The van der Waals surface area contributed by atoms with E-state index < -0.39 is 0 Å². The lowest BCUT2D eigenvalue weighted by Gasteiger charge is -1.84. The molecule has 0 saturated carbocycles. The van der Waals surface area contributed by atoms with E-state index in [2.05, 4.69) is 10.0 Å². The monoisotopic (exact) mass is 191 g/mol. The van der Waals surface area contributed by atoms with Crippen LogP contribution in [0.25, 0.3) is 16.5 Å². The van der Waals surface area contributed by atoms with Crippen molar-refractivity contribution in [3.63, 3.8) is 0 Å². The summed E-state index contributed by atoms with van der Waals surface area (Å²) >= 11 is 0. The number of hydrogen-bond acceptors (Lipinski definition) is 3. The lowest BCUT2D eigenvalue weighted by atomic mass is 10.3.